The van der Waals surface area contributed by atoms with Crippen LogP contribution in [-0.4, -0.2) is 17.3 Å². The van der Waals surface area contributed by atoms with Gasteiger partial charge in [0.15, 0.2) is 0 Å². The molecule has 0 aromatic carbocycles. The van der Waals surface area contributed by atoms with Gasteiger partial charge in [0.25, 0.3) is 0 Å². The van der Waals surface area contributed by atoms with Crippen LogP contribution in [0.3, 0.4) is 0 Å². The van der Waals surface area contributed by atoms with Crippen molar-refractivity contribution in [3.8, 4) is 0 Å². The fourth-order valence-electron chi connectivity index (χ4n) is 2.60. The maximum atomic E-state index is 10.8. The first kappa shape index (κ1) is 15.5. The van der Waals surface area contributed by atoms with Gasteiger partial charge >= 0.3 is 0 Å². The summed E-state index contributed by atoms with van der Waals surface area (Å²) in [6.45, 7) is 8.20. The highest BCUT2D eigenvalue weighted by Crippen LogP contribution is 2.23. The molecule has 21 heavy (non-hydrogen) atoms. The van der Waals surface area contributed by atoms with Crippen molar-refractivity contribution >= 4 is 11.9 Å². The predicted molar refractivity (Wildman–Crippen MR) is 86.7 cm³/mol. The molecule has 1 aliphatic rings. The number of nitrogens with zero attached hydrogens (tertiary/aromatic N) is 1. The zero-order valence-corrected chi connectivity index (χ0v) is 12.9. The van der Waals surface area contributed by atoms with Crippen LogP contribution in [0.15, 0.2) is 36.7 Å². The largest absolute Gasteiger partial charge is 0.388 e. The Morgan fingerprint density at radius 3 is 2.62 bits per heavy atom. The molecular formula is C18H24N2O. The molecule has 1 aromatic heterocycles. The standard InChI is InChI=1S/C18H24N2O/c1-13-4-9-18(20-10-13)15(3)14(2)11-19-17-7-5-16(12-21)6-8-17/h4,9-12,16-17,19H,3,5-8H2,1-2H3/b14-11-. The molecule has 1 fully saturated rings. The van der Waals surface area contributed by atoms with Crippen molar-refractivity contribution in [2.75, 3.05) is 0 Å². The second-order valence-corrected chi connectivity index (χ2v) is 5.94. The lowest BCUT2D eigenvalue weighted by molar-refractivity contribution is -0.111. The van der Waals surface area contributed by atoms with Gasteiger partial charge in [-0.05, 0) is 62.3 Å². The summed E-state index contributed by atoms with van der Waals surface area (Å²) < 4.78 is 0. The summed E-state index contributed by atoms with van der Waals surface area (Å²) in [6, 6.07) is 4.52. The Bertz CT molecular complexity index is 523. The van der Waals surface area contributed by atoms with Crippen LogP contribution in [-0.2, 0) is 4.79 Å². The molecule has 3 heteroatoms. The van der Waals surface area contributed by atoms with Gasteiger partial charge in [-0.2, -0.15) is 0 Å². The van der Waals surface area contributed by atoms with Gasteiger partial charge in [-0.15, -0.1) is 0 Å². The lowest BCUT2D eigenvalue weighted by Gasteiger charge is -2.26. The Morgan fingerprint density at radius 1 is 1.33 bits per heavy atom. The molecule has 1 saturated carbocycles. The topological polar surface area (TPSA) is 42.0 Å². The van der Waals surface area contributed by atoms with Gasteiger partial charge in [0, 0.05) is 24.4 Å². The van der Waals surface area contributed by atoms with Crippen LogP contribution < -0.4 is 5.32 Å². The molecule has 0 atom stereocenters. The molecule has 1 N–H and O–H groups in total. The summed E-state index contributed by atoms with van der Waals surface area (Å²) in [4.78, 5) is 15.2. The van der Waals surface area contributed by atoms with Crippen LogP contribution in [0.1, 0.15) is 43.9 Å². The highest BCUT2D eigenvalue weighted by Gasteiger charge is 2.19. The minimum absolute atomic E-state index is 0.264. The van der Waals surface area contributed by atoms with Gasteiger partial charge in [0.2, 0.25) is 0 Å². The number of allylic oxidation sites excluding steroid dienone is 2. The molecular weight excluding hydrogens is 260 g/mol. The van der Waals surface area contributed by atoms with Crippen molar-refractivity contribution in [1.29, 1.82) is 0 Å². The zero-order valence-electron chi connectivity index (χ0n) is 12.9. The second kappa shape index (κ2) is 7.21. The van der Waals surface area contributed by atoms with Crippen molar-refractivity contribution in [2.24, 2.45) is 5.92 Å². The highest BCUT2D eigenvalue weighted by atomic mass is 16.1. The Balaban J connectivity index is 1.90. The van der Waals surface area contributed by atoms with Crippen molar-refractivity contribution in [1.82, 2.24) is 10.3 Å². The number of rotatable bonds is 5. The molecule has 2 rings (SSSR count). The minimum atomic E-state index is 0.264. The van der Waals surface area contributed by atoms with E-state index in [4.69, 9.17) is 0 Å². The molecule has 1 heterocycles. The van der Waals surface area contributed by atoms with Crippen LogP contribution in [0.5, 0.6) is 0 Å². The molecule has 0 radical (unpaired) electrons. The average molecular weight is 284 g/mol. The number of hydrogen-bond donors (Lipinski definition) is 1. The molecule has 0 amide bonds. The zero-order chi connectivity index (χ0) is 15.2. The Kier molecular flexibility index (Phi) is 5.32. The van der Waals surface area contributed by atoms with Gasteiger partial charge < -0.3 is 10.1 Å². The van der Waals surface area contributed by atoms with Gasteiger partial charge in [-0.1, -0.05) is 12.6 Å². The first-order valence-electron chi connectivity index (χ1n) is 7.60. The Morgan fingerprint density at radius 2 is 2.05 bits per heavy atom. The molecule has 0 aliphatic heterocycles. The first-order valence-corrected chi connectivity index (χ1v) is 7.60. The number of hydrogen-bond acceptors (Lipinski definition) is 3. The maximum Gasteiger partial charge on any atom is 0.123 e. The van der Waals surface area contributed by atoms with Gasteiger partial charge in [-0.25, -0.2) is 0 Å². The lowest BCUT2D eigenvalue weighted by atomic mass is 9.87. The van der Waals surface area contributed by atoms with Gasteiger partial charge in [0.1, 0.15) is 6.29 Å². The third-order valence-corrected chi connectivity index (χ3v) is 4.20. The van der Waals surface area contributed by atoms with E-state index in [1.807, 2.05) is 32.3 Å². The number of aryl methyl sites for hydroxylation is 1. The van der Waals surface area contributed by atoms with E-state index in [-0.39, 0.29) is 5.92 Å². The van der Waals surface area contributed by atoms with E-state index in [9.17, 15) is 4.79 Å². The van der Waals surface area contributed by atoms with Crippen molar-refractivity contribution in [3.63, 3.8) is 0 Å². The summed E-state index contributed by atoms with van der Waals surface area (Å²) in [6.07, 6.45) is 9.10. The van der Waals surface area contributed by atoms with E-state index < -0.39 is 0 Å². The summed E-state index contributed by atoms with van der Waals surface area (Å²) in [5.74, 6) is 0.264. The van der Waals surface area contributed by atoms with E-state index in [0.717, 1.165) is 54.4 Å². The smallest absolute Gasteiger partial charge is 0.123 e. The van der Waals surface area contributed by atoms with Crippen LogP contribution in [0.4, 0.5) is 0 Å². The molecule has 0 unspecified atom stereocenters. The highest BCUT2D eigenvalue weighted by molar-refractivity contribution is 5.74. The molecule has 0 spiro atoms. The van der Waals surface area contributed by atoms with Crippen molar-refractivity contribution in [2.45, 2.75) is 45.6 Å². The van der Waals surface area contributed by atoms with Crippen LogP contribution >= 0.6 is 0 Å². The molecule has 1 aromatic rings. The average Bonchev–Trinajstić information content (AvgIpc) is 2.53. The molecule has 1 aliphatic carbocycles. The van der Waals surface area contributed by atoms with Crippen molar-refractivity contribution in [3.05, 3.63) is 47.9 Å². The van der Waals surface area contributed by atoms with E-state index >= 15 is 0 Å². The number of aldehydes is 1. The number of pyridine rings is 1. The van der Waals surface area contributed by atoms with Gasteiger partial charge in [0.05, 0.1) is 5.69 Å². The third kappa shape index (κ3) is 4.28. The van der Waals surface area contributed by atoms with Crippen LogP contribution in [0, 0.1) is 12.8 Å². The van der Waals surface area contributed by atoms with E-state index in [2.05, 4.69) is 22.9 Å². The number of nitrogens with one attached hydrogen (secondary N) is 1. The molecule has 0 bridgehead atoms. The van der Waals surface area contributed by atoms with Crippen LogP contribution in [0.25, 0.3) is 5.57 Å². The quantitative estimate of drug-likeness (QED) is 0.663. The fourth-order valence-corrected chi connectivity index (χ4v) is 2.60. The van der Waals surface area contributed by atoms with E-state index in [0.29, 0.717) is 6.04 Å². The van der Waals surface area contributed by atoms with E-state index in [1.54, 1.807) is 0 Å². The third-order valence-electron chi connectivity index (χ3n) is 4.20. The fraction of sp³-hybridized carbons (Fsp3) is 0.444. The normalized spacial score (nSPS) is 22.7. The van der Waals surface area contributed by atoms with E-state index in [1.165, 1.54) is 0 Å². The number of carbonyl (C=O) groups excluding carboxylic acids is 1. The monoisotopic (exact) mass is 284 g/mol. The maximum absolute atomic E-state index is 10.8. The SMILES string of the molecule is C=C(/C(C)=C\NC1CCC(C=O)CC1)c1ccc(C)cn1. The first-order chi connectivity index (χ1) is 10.1. The van der Waals surface area contributed by atoms with Gasteiger partial charge in [-0.3, -0.25) is 4.98 Å². The molecule has 0 saturated heterocycles. The van der Waals surface area contributed by atoms with Crippen molar-refractivity contribution < 1.29 is 4.79 Å². The molecule has 112 valence electrons. The van der Waals surface area contributed by atoms with Crippen LogP contribution in [0.2, 0.25) is 0 Å². The Labute approximate surface area is 127 Å². The molecule has 3 nitrogen and oxygen atoms in total. The summed E-state index contributed by atoms with van der Waals surface area (Å²) in [7, 11) is 0. The predicted octanol–water partition coefficient (Wildman–Crippen LogP) is 3.65. The minimum Gasteiger partial charge on any atom is -0.388 e. The lowest BCUT2D eigenvalue weighted by Crippen LogP contribution is -2.30. The second-order valence-electron chi connectivity index (χ2n) is 5.94. The summed E-state index contributed by atoms with van der Waals surface area (Å²) in [5, 5.41) is 3.46. The number of carbonyl (C=O) groups is 1. The summed E-state index contributed by atoms with van der Waals surface area (Å²) in [5.41, 5.74) is 4.12. The number of aromatic nitrogens is 1. The summed E-state index contributed by atoms with van der Waals surface area (Å²) >= 11 is 0. The Hall–Kier alpha value is -1.90.